The number of rotatable bonds is 6. The Morgan fingerprint density at radius 2 is 2.11 bits per heavy atom. The molecule has 1 unspecified atom stereocenters. The molecule has 1 aliphatic heterocycles. The molecule has 0 fully saturated rings. The second kappa shape index (κ2) is 8.79. The van der Waals surface area contributed by atoms with Gasteiger partial charge in [0.1, 0.15) is 4.61 Å². The highest BCUT2D eigenvalue weighted by Gasteiger charge is 2.14. The van der Waals surface area contributed by atoms with Gasteiger partial charge in [0.05, 0.1) is 5.69 Å². The molecule has 1 atom stereocenters. The first kappa shape index (κ1) is 19.1. The zero-order chi connectivity index (χ0) is 19.2. The Morgan fingerprint density at radius 1 is 1.33 bits per heavy atom. The van der Waals surface area contributed by atoms with Crippen LogP contribution in [0.15, 0.2) is 69.0 Å². The lowest BCUT2D eigenvalue weighted by atomic mass is 10.2. The molecular formula is C19H21BrN6O. The van der Waals surface area contributed by atoms with E-state index in [0.717, 1.165) is 14.8 Å². The Balaban J connectivity index is 1.75. The van der Waals surface area contributed by atoms with Crippen LogP contribution in [0.25, 0.3) is 0 Å². The molecule has 2 aromatic rings. The summed E-state index contributed by atoms with van der Waals surface area (Å²) in [4.78, 5) is 23.0. The number of aliphatic imine (C=N–C) groups is 1. The van der Waals surface area contributed by atoms with Gasteiger partial charge in [-0.2, -0.15) is 4.68 Å². The number of anilines is 1. The summed E-state index contributed by atoms with van der Waals surface area (Å²) < 4.78 is 1.79. The number of nitrogens with two attached hydrogens (primary N) is 1. The van der Waals surface area contributed by atoms with Gasteiger partial charge >= 0.3 is 0 Å². The first-order valence-electron chi connectivity index (χ1n) is 8.47. The highest BCUT2D eigenvalue weighted by Crippen LogP contribution is 2.15. The number of likely N-dealkylation sites (N-methyl/N-ethyl adjacent to an activating group) is 1. The van der Waals surface area contributed by atoms with E-state index in [9.17, 15) is 4.79 Å². The average Bonchev–Trinajstić information content (AvgIpc) is 2.89. The molecule has 0 saturated heterocycles. The molecule has 0 saturated carbocycles. The van der Waals surface area contributed by atoms with Gasteiger partial charge in [0.25, 0.3) is 5.56 Å². The molecule has 1 aliphatic rings. The molecule has 3 N–H and O–H groups in total. The predicted octanol–water partition coefficient (Wildman–Crippen LogP) is 2.25. The largest absolute Gasteiger partial charge is 0.350 e. The minimum atomic E-state index is -0.305. The lowest BCUT2D eigenvalue weighted by Crippen LogP contribution is -2.33. The van der Waals surface area contributed by atoms with Crippen LogP contribution in [-0.4, -0.2) is 33.9 Å². The van der Waals surface area contributed by atoms with Crippen molar-refractivity contribution in [2.24, 2.45) is 4.99 Å². The Morgan fingerprint density at radius 3 is 2.89 bits per heavy atom. The first-order valence-corrected chi connectivity index (χ1v) is 9.26. The van der Waals surface area contributed by atoms with E-state index in [0.29, 0.717) is 24.7 Å². The van der Waals surface area contributed by atoms with E-state index >= 15 is 0 Å². The predicted molar refractivity (Wildman–Crippen MR) is 112 cm³/mol. The normalized spacial score (nSPS) is 16.3. The molecule has 0 aliphatic carbocycles. The molecular weight excluding hydrogens is 408 g/mol. The average molecular weight is 429 g/mol. The van der Waals surface area contributed by atoms with Crippen LogP contribution < -0.4 is 16.7 Å². The maximum Gasteiger partial charge on any atom is 0.273 e. The van der Waals surface area contributed by atoms with Crippen molar-refractivity contribution in [2.75, 3.05) is 18.2 Å². The summed E-state index contributed by atoms with van der Waals surface area (Å²) in [6, 6.07) is 11.4. The van der Waals surface area contributed by atoms with E-state index < -0.39 is 0 Å². The van der Waals surface area contributed by atoms with Crippen LogP contribution >= 0.6 is 15.9 Å². The highest BCUT2D eigenvalue weighted by molar-refractivity contribution is 9.11. The van der Waals surface area contributed by atoms with Crippen molar-refractivity contribution in [3.8, 4) is 0 Å². The van der Waals surface area contributed by atoms with Crippen LogP contribution in [0.3, 0.4) is 0 Å². The SMILES string of the molecule is CN(Cc1cc(=O)n(N)c(NCc2ccccc2)n1)C1C=CC=NC(Br)=C1. The van der Waals surface area contributed by atoms with Crippen LogP contribution in [0.2, 0.25) is 0 Å². The third-order valence-corrected chi connectivity index (χ3v) is 4.59. The van der Waals surface area contributed by atoms with E-state index in [4.69, 9.17) is 5.84 Å². The van der Waals surface area contributed by atoms with Gasteiger partial charge in [0.15, 0.2) is 0 Å². The lowest BCUT2D eigenvalue weighted by molar-refractivity contribution is 0.306. The number of benzene rings is 1. The quantitative estimate of drug-likeness (QED) is 0.543. The fourth-order valence-electron chi connectivity index (χ4n) is 2.67. The van der Waals surface area contributed by atoms with E-state index in [1.54, 1.807) is 6.21 Å². The number of aromatic nitrogens is 2. The standard InChI is InChI=1S/C19H21BrN6O/c1-25(16-8-5-9-22-17(20)11-16)13-15-10-18(27)26(21)19(24-15)23-12-14-6-3-2-4-7-14/h2-11,16H,12-13,21H2,1H3,(H,23,24). The minimum Gasteiger partial charge on any atom is -0.350 e. The number of nitrogens with one attached hydrogen (secondary N) is 1. The van der Waals surface area contributed by atoms with E-state index in [1.807, 2.05) is 55.6 Å². The van der Waals surface area contributed by atoms with Gasteiger partial charge in [-0.1, -0.05) is 36.4 Å². The molecule has 0 radical (unpaired) electrons. The Hall–Kier alpha value is -2.71. The van der Waals surface area contributed by atoms with Crippen molar-refractivity contribution < 1.29 is 0 Å². The van der Waals surface area contributed by atoms with Gasteiger partial charge in [-0.05, 0) is 40.7 Å². The van der Waals surface area contributed by atoms with Crippen molar-refractivity contribution in [3.05, 3.63) is 80.8 Å². The zero-order valence-corrected chi connectivity index (χ0v) is 16.5. The fraction of sp³-hybridized carbons (Fsp3) is 0.211. The van der Waals surface area contributed by atoms with Crippen molar-refractivity contribution in [2.45, 2.75) is 19.1 Å². The molecule has 0 amide bonds. The molecule has 1 aromatic carbocycles. The summed E-state index contributed by atoms with van der Waals surface area (Å²) in [5, 5.41) is 3.14. The second-order valence-corrected chi connectivity index (χ2v) is 6.99. The molecule has 8 heteroatoms. The van der Waals surface area contributed by atoms with Gasteiger partial charge in [-0.3, -0.25) is 9.69 Å². The van der Waals surface area contributed by atoms with E-state index in [1.165, 1.54) is 6.07 Å². The van der Waals surface area contributed by atoms with E-state index in [2.05, 4.69) is 36.1 Å². The Labute approximate surface area is 166 Å². The summed E-state index contributed by atoms with van der Waals surface area (Å²) in [5.41, 5.74) is 1.41. The smallest absolute Gasteiger partial charge is 0.273 e. The Kier molecular flexibility index (Phi) is 6.20. The number of allylic oxidation sites excluding steroid dienone is 1. The number of hydrogen-bond donors (Lipinski definition) is 2. The van der Waals surface area contributed by atoms with Crippen LogP contribution in [0, 0.1) is 0 Å². The van der Waals surface area contributed by atoms with Gasteiger partial charge < -0.3 is 11.2 Å². The van der Waals surface area contributed by atoms with Gasteiger partial charge in [0, 0.05) is 31.4 Å². The molecule has 27 heavy (non-hydrogen) atoms. The highest BCUT2D eigenvalue weighted by atomic mass is 79.9. The fourth-order valence-corrected chi connectivity index (χ4v) is 3.06. The minimum absolute atomic E-state index is 0.0321. The first-order chi connectivity index (χ1) is 13.0. The van der Waals surface area contributed by atoms with Gasteiger partial charge in [-0.25, -0.2) is 9.98 Å². The molecule has 3 rings (SSSR count). The van der Waals surface area contributed by atoms with Gasteiger partial charge in [0.2, 0.25) is 5.95 Å². The second-order valence-electron chi connectivity index (χ2n) is 6.18. The van der Waals surface area contributed by atoms with Crippen LogP contribution in [0.5, 0.6) is 0 Å². The monoisotopic (exact) mass is 428 g/mol. The molecule has 140 valence electrons. The number of nitrogen functional groups attached to an aromatic ring is 1. The van der Waals surface area contributed by atoms with E-state index in [-0.39, 0.29) is 11.6 Å². The van der Waals surface area contributed by atoms with Crippen molar-refractivity contribution in [1.29, 1.82) is 0 Å². The molecule has 0 spiro atoms. The number of nitrogens with zero attached hydrogens (tertiary/aromatic N) is 4. The summed E-state index contributed by atoms with van der Waals surface area (Å²) >= 11 is 3.41. The van der Waals surface area contributed by atoms with Crippen molar-refractivity contribution >= 4 is 28.1 Å². The van der Waals surface area contributed by atoms with Crippen molar-refractivity contribution in [1.82, 2.24) is 14.6 Å². The maximum absolute atomic E-state index is 12.2. The molecule has 2 heterocycles. The summed E-state index contributed by atoms with van der Waals surface area (Å²) in [7, 11) is 1.96. The van der Waals surface area contributed by atoms with Crippen LogP contribution in [-0.2, 0) is 13.1 Å². The molecule has 0 bridgehead atoms. The number of hydrogen-bond acceptors (Lipinski definition) is 6. The topological polar surface area (TPSA) is 88.5 Å². The van der Waals surface area contributed by atoms with Crippen LogP contribution in [0.1, 0.15) is 11.3 Å². The summed E-state index contributed by atoms with van der Waals surface area (Å²) in [5.74, 6) is 6.19. The third kappa shape index (κ3) is 5.15. The van der Waals surface area contributed by atoms with Gasteiger partial charge in [-0.15, -0.1) is 0 Å². The third-order valence-electron chi connectivity index (χ3n) is 4.12. The van der Waals surface area contributed by atoms with Crippen molar-refractivity contribution in [3.63, 3.8) is 0 Å². The van der Waals surface area contributed by atoms with Crippen LogP contribution in [0.4, 0.5) is 5.95 Å². The summed E-state index contributed by atoms with van der Waals surface area (Å²) in [6.07, 6.45) is 7.63. The number of halogens is 1. The Bertz CT molecular complexity index is 935. The molecule has 7 nitrogen and oxygen atoms in total. The maximum atomic E-state index is 12.2. The summed E-state index contributed by atoms with van der Waals surface area (Å²) in [6.45, 7) is 1.02. The lowest BCUT2D eigenvalue weighted by Gasteiger charge is -2.22. The zero-order valence-electron chi connectivity index (χ0n) is 14.9. The molecule has 1 aromatic heterocycles.